The second kappa shape index (κ2) is 6.84. The minimum Gasteiger partial charge on any atom is -0.497 e. The monoisotopic (exact) mass is 415 g/mol. The second-order valence-corrected chi connectivity index (χ2v) is 10.6. The molecule has 26 heavy (non-hydrogen) atoms. The van der Waals surface area contributed by atoms with Crippen molar-refractivity contribution in [3.8, 4) is 5.75 Å². The molecule has 1 fully saturated rings. The number of rotatable bonds is 5. The molecule has 1 heterocycles. The number of benzene rings is 2. The van der Waals surface area contributed by atoms with E-state index in [1.807, 2.05) is 0 Å². The number of sulfonamides is 1. The van der Waals surface area contributed by atoms with E-state index in [-0.39, 0.29) is 22.9 Å². The van der Waals surface area contributed by atoms with E-state index in [1.54, 1.807) is 19.1 Å². The van der Waals surface area contributed by atoms with Gasteiger partial charge in [-0.2, -0.15) is 4.31 Å². The molecule has 0 aromatic heterocycles. The molecule has 1 aliphatic rings. The molecule has 2 aromatic rings. The Morgan fingerprint density at radius 1 is 1.04 bits per heavy atom. The minimum atomic E-state index is -3.75. The average molecular weight is 416 g/mol. The molecule has 0 bridgehead atoms. The third kappa shape index (κ3) is 3.34. The van der Waals surface area contributed by atoms with Gasteiger partial charge >= 0.3 is 0 Å². The first-order chi connectivity index (χ1) is 12.2. The lowest BCUT2D eigenvalue weighted by atomic mass is 10.2. The molecule has 0 amide bonds. The number of sulfone groups is 1. The molecule has 0 atom stereocenters. The lowest BCUT2D eigenvalue weighted by Crippen LogP contribution is -2.56. The van der Waals surface area contributed by atoms with Gasteiger partial charge in [0, 0.05) is 18.1 Å². The molecule has 9 heteroatoms. The van der Waals surface area contributed by atoms with Crippen molar-refractivity contribution in [1.29, 1.82) is 0 Å². The van der Waals surface area contributed by atoms with Crippen LogP contribution in [0.5, 0.6) is 5.75 Å². The molecule has 6 nitrogen and oxygen atoms in total. The molecule has 0 N–H and O–H groups in total. The van der Waals surface area contributed by atoms with E-state index < -0.39 is 25.1 Å². The Morgan fingerprint density at radius 2 is 1.65 bits per heavy atom. The predicted octanol–water partition coefficient (Wildman–Crippen LogP) is 2.50. The van der Waals surface area contributed by atoms with E-state index in [0.29, 0.717) is 16.3 Å². The van der Waals surface area contributed by atoms with Crippen molar-refractivity contribution >= 4 is 31.5 Å². The van der Waals surface area contributed by atoms with Crippen LogP contribution in [0.25, 0.3) is 0 Å². The van der Waals surface area contributed by atoms with Crippen LogP contribution >= 0.6 is 11.6 Å². The summed E-state index contributed by atoms with van der Waals surface area (Å²) in [5.74, 6) is 0.563. The van der Waals surface area contributed by atoms with Crippen molar-refractivity contribution in [3.63, 3.8) is 0 Å². The fourth-order valence-electron chi connectivity index (χ4n) is 2.79. The van der Waals surface area contributed by atoms with E-state index in [0.717, 1.165) is 0 Å². The Morgan fingerprint density at radius 3 is 2.19 bits per heavy atom. The summed E-state index contributed by atoms with van der Waals surface area (Å²) in [5.41, 5.74) is 0.549. The van der Waals surface area contributed by atoms with Crippen LogP contribution < -0.4 is 4.74 Å². The Kier molecular flexibility index (Phi) is 5.04. The van der Waals surface area contributed by atoms with Gasteiger partial charge < -0.3 is 4.74 Å². The first-order valence-corrected chi connectivity index (χ1v) is 11.2. The molecular formula is C17H18ClNO5S2. The number of hydrogen-bond donors (Lipinski definition) is 0. The smallest absolute Gasteiger partial charge is 0.243 e. The minimum absolute atomic E-state index is 0.0707. The van der Waals surface area contributed by atoms with E-state index in [4.69, 9.17) is 16.3 Å². The number of nitrogens with zero attached hydrogens (tertiary/aromatic N) is 1. The summed E-state index contributed by atoms with van der Waals surface area (Å²) in [6, 6.07) is 10.6. The molecule has 0 spiro atoms. The Balaban J connectivity index is 1.79. The Hall–Kier alpha value is -1.61. The van der Waals surface area contributed by atoms with Crippen molar-refractivity contribution in [3.05, 3.63) is 53.1 Å². The van der Waals surface area contributed by atoms with Crippen molar-refractivity contribution in [1.82, 2.24) is 4.31 Å². The molecule has 0 unspecified atom stereocenters. The quantitative estimate of drug-likeness (QED) is 0.749. The standard InChI is InChI=1S/C17H18ClNO5S2/c1-12-9-14(24-2)5-8-17(12)26(22,23)19-10-16(11-19)25(20,21)15-6-3-13(18)4-7-15/h3-9,16H,10-11H2,1-2H3. The Labute approximate surface area is 158 Å². The molecule has 140 valence electrons. The highest BCUT2D eigenvalue weighted by Crippen LogP contribution is 2.31. The van der Waals surface area contributed by atoms with Gasteiger partial charge in [0.25, 0.3) is 0 Å². The fourth-order valence-corrected chi connectivity index (χ4v) is 6.49. The Bertz CT molecular complexity index is 1030. The number of hydrogen-bond acceptors (Lipinski definition) is 5. The van der Waals surface area contributed by atoms with Gasteiger partial charge in [0.15, 0.2) is 9.84 Å². The largest absolute Gasteiger partial charge is 0.497 e. The zero-order valence-corrected chi connectivity index (χ0v) is 16.6. The third-order valence-electron chi connectivity index (χ3n) is 4.40. The SMILES string of the molecule is COc1ccc(S(=O)(=O)N2CC(S(=O)(=O)c3ccc(Cl)cc3)C2)c(C)c1. The number of ether oxygens (including phenoxy) is 1. The second-order valence-electron chi connectivity index (χ2n) is 6.07. The van der Waals surface area contributed by atoms with Crippen molar-refractivity contribution in [2.45, 2.75) is 22.0 Å². The maximum absolute atomic E-state index is 12.8. The van der Waals surface area contributed by atoms with Gasteiger partial charge in [0.1, 0.15) is 5.75 Å². The zero-order chi connectivity index (χ0) is 19.1. The van der Waals surface area contributed by atoms with Crippen LogP contribution in [-0.2, 0) is 19.9 Å². The van der Waals surface area contributed by atoms with E-state index in [1.165, 1.54) is 41.7 Å². The third-order valence-corrected chi connectivity index (χ3v) is 8.74. The van der Waals surface area contributed by atoms with Crippen LogP contribution in [0.15, 0.2) is 52.3 Å². The highest BCUT2D eigenvalue weighted by atomic mass is 35.5. The topological polar surface area (TPSA) is 80.8 Å². The number of methoxy groups -OCH3 is 1. The van der Waals surface area contributed by atoms with Crippen molar-refractivity contribution in [2.24, 2.45) is 0 Å². The first-order valence-electron chi connectivity index (χ1n) is 7.80. The summed E-state index contributed by atoms with van der Waals surface area (Å²) in [6.45, 7) is 1.54. The van der Waals surface area contributed by atoms with Gasteiger partial charge in [0.2, 0.25) is 10.0 Å². The van der Waals surface area contributed by atoms with E-state index >= 15 is 0 Å². The molecule has 2 aromatic carbocycles. The summed E-state index contributed by atoms with van der Waals surface area (Å²) in [6.07, 6.45) is 0. The highest BCUT2D eigenvalue weighted by Gasteiger charge is 2.44. The van der Waals surface area contributed by atoms with Gasteiger partial charge in [-0.3, -0.25) is 0 Å². The average Bonchev–Trinajstić information content (AvgIpc) is 2.52. The fraction of sp³-hybridized carbons (Fsp3) is 0.294. The maximum Gasteiger partial charge on any atom is 0.243 e. The summed E-state index contributed by atoms with van der Waals surface area (Å²) in [4.78, 5) is 0.296. The van der Waals surface area contributed by atoms with Crippen LogP contribution in [-0.4, -0.2) is 46.6 Å². The van der Waals surface area contributed by atoms with Gasteiger partial charge in [-0.15, -0.1) is 0 Å². The lowest BCUT2D eigenvalue weighted by Gasteiger charge is -2.37. The van der Waals surface area contributed by atoms with Crippen LogP contribution in [0.4, 0.5) is 0 Å². The zero-order valence-electron chi connectivity index (χ0n) is 14.2. The molecule has 1 saturated heterocycles. The number of aryl methyl sites for hydroxylation is 1. The lowest BCUT2D eigenvalue weighted by molar-refractivity contribution is 0.309. The summed E-state index contributed by atoms with van der Waals surface area (Å²) in [5, 5.41) is -0.325. The molecule has 0 saturated carbocycles. The van der Waals surface area contributed by atoms with Gasteiger partial charge in [-0.1, -0.05) is 11.6 Å². The first kappa shape index (κ1) is 19.2. The van der Waals surface area contributed by atoms with Crippen LogP contribution in [0.1, 0.15) is 5.56 Å². The predicted molar refractivity (Wildman–Crippen MR) is 98.9 cm³/mol. The molecule has 0 radical (unpaired) electrons. The van der Waals surface area contributed by atoms with E-state index in [2.05, 4.69) is 0 Å². The van der Waals surface area contributed by atoms with Gasteiger partial charge in [0.05, 0.1) is 22.2 Å². The molecule has 1 aliphatic heterocycles. The normalized spacial score (nSPS) is 16.3. The van der Waals surface area contributed by atoms with Gasteiger partial charge in [-0.25, -0.2) is 16.8 Å². The van der Waals surface area contributed by atoms with Crippen LogP contribution in [0.2, 0.25) is 5.02 Å². The van der Waals surface area contributed by atoms with Crippen molar-refractivity contribution in [2.75, 3.05) is 20.2 Å². The highest BCUT2D eigenvalue weighted by molar-refractivity contribution is 7.92. The van der Waals surface area contributed by atoms with Crippen LogP contribution in [0.3, 0.4) is 0 Å². The summed E-state index contributed by atoms with van der Waals surface area (Å²) in [7, 11) is -5.84. The molecule has 3 rings (SSSR count). The summed E-state index contributed by atoms with van der Waals surface area (Å²) < 4.78 is 57.0. The van der Waals surface area contributed by atoms with Gasteiger partial charge in [-0.05, 0) is 55.0 Å². The van der Waals surface area contributed by atoms with Crippen molar-refractivity contribution < 1.29 is 21.6 Å². The van der Waals surface area contributed by atoms with E-state index in [9.17, 15) is 16.8 Å². The summed E-state index contributed by atoms with van der Waals surface area (Å²) >= 11 is 5.79. The maximum atomic E-state index is 12.8. The number of halogens is 1. The molecule has 0 aliphatic carbocycles. The van der Waals surface area contributed by atoms with Crippen LogP contribution in [0, 0.1) is 6.92 Å². The molecular weight excluding hydrogens is 398 g/mol.